The molecule has 2 saturated heterocycles. The Balaban J connectivity index is 1.99. The summed E-state index contributed by atoms with van der Waals surface area (Å²) < 4.78 is 45.9. The Morgan fingerprint density at radius 2 is 2.22 bits per heavy atom. The first-order chi connectivity index (χ1) is 10.8. The minimum Gasteiger partial charge on any atom is -0.481 e. The Kier molecular flexibility index (Phi) is 3.94. The number of rotatable bonds is 3. The van der Waals surface area contributed by atoms with E-state index in [1.54, 1.807) is 6.92 Å². The first kappa shape index (κ1) is 16.4. The van der Waals surface area contributed by atoms with Gasteiger partial charge in [-0.05, 0) is 31.0 Å². The molecule has 1 N–H and O–H groups in total. The van der Waals surface area contributed by atoms with Crippen LogP contribution in [0.25, 0.3) is 0 Å². The van der Waals surface area contributed by atoms with Gasteiger partial charge in [0.25, 0.3) is 0 Å². The number of carbonyl (C=O) groups is 1. The lowest BCUT2D eigenvalue weighted by Gasteiger charge is -2.34. The largest absolute Gasteiger partial charge is 0.481 e. The second-order valence-electron chi connectivity index (χ2n) is 6.21. The Morgan fingerprint density at radius 1 is 1.48 bits per heavy atom. The number of benzene rings is 1. The van der Waals surface area contributed by atoms with Crippen LogP contribution in [0.3, 0.4) is 0 Å². The summed E-state index contributed by atoms with van der Waals surface area (Å²) in [5, 5.41) is 9.60. The van der Waals surface area contributed by atoms with E-state index in [4.69, 9.17) is 4.74 Å². The van der Waals surface area contributed by atoms with Gasteiger partial charge in [-0.2, -0.15) is 4.31 Å². The molecule has 0 aliphatic carbocycles. The average Bonchev–Trinajstić information content (AvgIpc) is 2.91. The molecule has 1 aromatic rings. The van der Waals surface area contributed by atoms with E-state index >= 15 is 0 Å². The van der Waals surface area contributed by atoms with Gasteiger partial charge in [0.15, 0.2) is 0 Å². The van der Waals surface area contributed by atoms with Gasteiger partial charge in [-0.25, -0.2) is 12.8 Å². The fourth-order valence-electron chi connectivity index (χ4n) is 3.38. The van der Waals surface area contributed by atoms with Gasteiger partial charge in [0, 0.05) is 25.6 Å². The second kappa shape index (κ2) is 5.54. The highest BCUT2D eigenvalue weighted by molar-refractivity contribution is 7.89. The lowest BCUT2D eigenvalue weighted by Crippen LogP contribution is -2.45. The molecule has 2 heterocycles. The molecule has 2 aliphatic rings. The summed E-state index contributed by atoms with van der Waals surface area (Å²) in [6.45, 7) is 2.05. The molecule has 2 atom stereocenters. The van der Waals surface area contributed by atoms with Gasteiger partial charge in [0.2, 0.25) is 10.0 Å². The molecule has 0 unspecified atom stereocenters. The van der Waals surface area contributed by atoms with Crippen LogP contribution in [-0.4, -0.2) is 50.1 Å². The molecular formula is C15H18FNO5S. The minimum atomic E-state index is -4.08. The summed E-state index contributed by atoms with van der Waals surface area (Å²) in [5.41, 5.74) is -0.524. The zero-order valence-electron chi connectivity index (χ0n) is 12.7. The van der Waals surface area contributed by atoms with Crippen LogP contribution in [0.5, 0.6) is 0 Å². The third kappa shape index (κ3) is 2.54. The maximum absolute atomic E-state index is 14.0. The monoisotopic (exact) mass is 343 g/mol. The molecule has 0 saturated carbocycles. The Hall–Kier alpha value is -1.51. The van der Waals surface area contributed by atoms with Crippen LogP contribution in [0.1, 0.15) is 12.0 Å². The second-order valence-corrected chi connectivity index (χ2v) is 8.12. The van der Waals surface area contributed by atoms with Crippen LogP contribution >= 0.6 is 0 Å². The summed E-state index contributed by atoms with van der Waals surface area (Å²) >= 11 is 0. The summed E-state index contributed by atoms with van der Waals surface area (Å²) in [5.74, 6) is -2.27. The van der Waals surface area contributed by atoms with E-state index in [-0.39, 0.29) is 32.7 Å². The number of carboxylic acids is 1. The van der Waals surface area contributed by atoms with E-state index in [1.165, 1.54) is 12.1 Å². The molecule has 2 aliphatic heterocycles. The molecule has 0 aromatic heterocycles. The number of ether oxygens (including phenoxy) is 1. The molecule has 1 aromatic carbocycles. The number of halogens is 1. The van der Waals surface area contributed by atoms with Crippen molar-refractivity contribution >= 4 is 16.0 Å². The standard InChI is InChI=1S/C15H18FNO5S/c1-10-2-3-12(16)13(6-10)23(20,21)17-7-11-8-22-5-4-15(11,9-17)14(18)19/h2-3,6,11H,4-5,7-9H2,1H3,(H,18,19)/t11-,15+/m1/s1. The van der Waals surface area contributed by atoms with Crippen molar-refractivity contribution < 1.29 is 27.4 Å². The van der Waals surface area contributed by atoms with E-state index in [1.807, 2.05) is 0 Å². The van der Waals surface area contributed by atoms with E-state index in [0.717, 1.165) is 10.4 Å². The van der Waals surface area contributed by atoms with Gasteiger partial charge in [-0.3, -0.25) is 4.79 Å². The molecule has 23 heavy (non-hydrogen) atoms. The fourth-order valence-corrected chi connectivity index (χ4v) is 5.09. The SMILES string of the molecule is Cc1ccc(F)c(S(=O)(=O)N2C[C@@H]3COCC[C@]3(C(=O)O)C2)c1. The number of hydrogen-bond donors (Lipinski definition) is 1. The molecular weight excluding hydrogens is 325 g/mol. The Morgan fingerprint density at radius 3 is 2.87 bits per heavy atom. The topological polar surface area (TPSA) is 83.9 Å². The van der Waals surface area contributed by atoms with Gasteiger partial charge in [0.05, 0.1) is 12.0 Å². The van der Waals surface area contributed by atoms with E-state index in [0.29, 0.717) is 5.56 Å². The molecule has 0 amide bonds. The molecule has 0 bridgehead atoms. The number of aliphatic carboxylic acids is 1. The van der Waals surface area contributed by atoms with Gasteiger partial charge < -0.3 is 9.84 Å². The minimum absolute atomic E-state index is 0.0298. The van der Waals surface area contributed by atoms with Gasteiger partial charge in [-0.1, -0.05) is 6.07 Å². The summed E-state index contributed by atoms with van der Waals surface area (Å²) in [7, 11) is -4.08. The van der Waals surface area contributed by atoms with Gasteiger partial charge >= 0.3 is 5.97 Å². The lowest BCUT2D eigenvalue weighted by atomic mass is 9.74. The molecule has 2 fully saturated rings. The number of carboxylic acid groups (broad SMARTS) is 1. The first-order valence-electron chi connectivity index (χ1n) is 7.35. The molecule has 8 heteroatoms. The van der Waals surface area contributed by atoms with Crippen LogP contribution in [-0.2, 0) is 19.6 Å². The van der Waals surface area contributed by atoms with Gasteiger partial charge in [-0.15, -0.1) is 0 Å². The maximum Gasteiger partial charge on any atom is 0.311 e. The zero-order chi connectivity index (χ0) is 16.8. The highest BCUT2D eigenvalue weighted by Gasteiger charge is 2.56. The normalized spacial score (nSPS) is 28.5. The van der Waals surface area contributed by atoms with Crippen LogP contribution in [0.15, 0.2) is 23.1 Å². The Bertz CT molecular complexity index is 750. The zero-order valence-corrected chi connectivity index (χ0v) is 13.5. The molecule has 0 radical (unpaired) electrons. The smallest absolute Gasteiger partial charge is 0.311 e. The van der Waals surface area contributed by atoms with Crippen LogP contribution < -0.4 is 0 Å². The molecule has 3 rings (SSSR count). The van der Waals surface area contributed by atoms with E-state index in [2.05, 4.69) is 0 Å². The van der Waals surface area contributed by atoms with Crippen LogP contribution in [0, 0.1) is 24.1 Å². The lowest BCUT2D eigenvalue weighted by molar-refractivity contribution is -0.157. The quantitative estimate of drug-likeness (QED) is 0.893. The summed E-state index contributed by atoms with van der Waals surface area (Å²) in [4.78, 5) is 11.3. The third-order valence-electron chi connectivity index (χ3n) is 4.81. The fraction of sp³-hybridized carbons (Fsp3) is 0.533. The van der Waals surface area contributed by atoms with Crippen LogP contribution in [0.4, 0.5) is 4.39 Å². The summed E-state index contributed by atoms with van der Waals surface area (Å²) in [6, 6.07) is 3.88. The van der Waals surface area contributed by atoms with Crippen molar-refractivity contribution in [2.24, 2.45) is 11.3 Å². The van der Waals surface area contributed by atoms with Crippen molar-refractivity contribution in [1.29, 1.82) is 0 Å². The van der Waals surface area contributed by atoms with Crippen molar-refractivity contribution in [3.8, 4) is 0 Å². The highest BCUT2D eigenvalue weighted by atomic mass is 32.2. The summed E-state index contributed by atoms with van der Waals surface area (Å²) in [6.07, 6.45) is 0.259. The van der Waals surface area contributed by atoms with Gasteiger partial charge in [0.1, 0.15) is 10.7 Å². The average molecular weight is 343 g/mol. The van der Waals surface area contributed by atoms with Crippen molar-refractivity contribution in [3.63, 3.8) is 0 Å². The van der Waals surface area contributed by atoms with Crippen molar-refractivity contribution in [3.05, 3.63) is 29.6 Å². The van der Waals surface area contributed by atoms with Crippen molar-refractivity contribution in [2.75, 3.05) is 26.3 Å². The molecule has 6 nitrogen and oxygen atoms in total. The number of nitrogens with zero attached hydrogens (tertiary/aromatic N) is 1. The predicted molar refractivity (Wildman–Crippen MR) is 78.9 cm³/mol. The predicted octanol–water partition coefficient (Wildman–Crippen LogP) is 1.25. The number of fused-ring (bicyclic) bond motifs is 1. The highest BCUT2D eigenvalue weighted by Crippen LogP contribution is 2.44. The van der Waals surface area contributed by atoms with Crippen molar-refractivity contribution in [2.45, 2.75) is 18.2 Å². The molecule has 126 valence electrons. The van der Waals surface area contributed by atoms with Crippen molar-refractivity contribution in [1.82, 2.24) is 4.31 Å². The van der Waals surface area contributed by atoms with E-state index in [9.17, 15) is 22.7 Å². The molecule has 0 spiro atoms. The maximum atomic E-state index is 14.0. The van der Waals surface area contributed by atoms with E-state index < -0.39 is 38.0 Å². The first-order valence-corrected chi connectivity index (χ1v) is 8.79. The Labute approximate surface area is 133 Å². The number of sulfonamides is 1. The third-order valence-corrected chi connectivity index (χ3v) is 6.63. The van der Waals surface area contributed by atoms with Crippen LogP contribution in [0.2, 0.25) is 0 Å². The number of aryl methyl sites for hydroxylation is 1. The number of hydrogen-bond acceptors (Lipinski definition) is 4.